The molecule has 0 unspecified atom stereocenters. The Bertz CT molecular complexity index is 637. The summed E-state index contributed by atoms with van der Waals surface area (Å²) in [5.74, 6) is -0.0329. The molecule has 0 saturated carbocycles. The third-order valence-electron chi connectivity index (χ3n) is 2.93. The summed E-state index contributed by atoms with van der Waals surface area (Å²) in [6.45, 7) is 1.95. The van der Waals surface area contributed by atoms with Gasteiger partial charge in [-0.2, -0.15) is 0 Å². The lowest BCUT2D eigenvalue weighted by molar-refractivity contribution is -0.111. The van der Waals surface area contributed by atoms with E-state index in [0.717, 1.165) is 16.8 Å². The van der Waals surface area contributed by atoms with Crippen molar-refractivity contribution < 1.29 is 9.21 Å². The Labute approximate surface area is 91.0 Å². The number of aromatic amines is 1. The van der Waals surface area contributed by atoms with Crippen LogP contribution in [0.15, 0.2) is 38.1 Å². The summed E-state index contributed by atoms with van der Waals surface area (Å²) in [4.78, 5) is 25.4. The number of oxazole rings is 1. The normalized spacial score (nSPS) is 18.3. The highest BCUT2D eigenvalue weighted by Crippen LogP contribution is 2.32. The number of H-pyrrole nitrogens is 1. The fraction of sp³-hybridized carbons (Fsp3) is 0.167. The second kappa shape index (κ2) is 2.95. The SMILES string of the molecule is CC1=C2Cc3[nH]c(=O)oc3C=C2C(=O)C=C1. The van der Waals surface area contributed by atoms with Crippen molar-refractivity contribution in [2.75, 3.05) is 0 Å². The van der Waals surface area contributed by atoms with Crippen LogP contribution < -0.4 is 5.76 Å². The molecule has 80 valence electrons. The molecule has 0 fully saturated rings. The molecule has 1 aromatic rings. The van der Waals surface area contributed by atoms with Gasteiger partial charge in [0, 0.05) is 12.0 Å². The van der Waals surface area contributed by atoms with E-state index in [2.05, 4.69) is 4.98 Å². The molecule has 3 rings (SSSR count). The topological polar surface area (TPSA) is 63.1 Å². The Morgan fingerprint density at radius 3 is 2.94 bits per heavy atom. The summed E-state index contributed by atoms with van der Waals surface area (Å²) >= 11 is 0. The first-order chi connectivity index (χ1) is 7.65. The second-order valence-electron chi connectivity index (χ2n) is 3.95. The summed E-state index contributed by atoms with van der Waals surface area (Å²) < 4.78 is 4.95. The van der Waals surface area contributed by atoms with Gasteiger partial charge >= 0.3 is 5.76 Å². The van der Waals surface area contributed by atoms with Crippen molar-refractivity contribution in [3.63, 3.8) is 0 Å². The third kappa shape index (κ3) is 1.16. The van der Waals surface area contributed by atoms with Gasteiger partial charge in [-0.25, -0.2) is 4.79 Å². The minimum atomic E-state index is -0.473. The molecule has 2 aliphatic rings. The van der Waals surface area contributed by atoms with Crippen LogP contribution in [0.5, 0.6) is 0 Å². The zero-order chi connectivity index (χ0) is 11.3. The summed E-state index contributed by atoms with van der Waals surface area (Å²) in [6, 6.07) is 0. The Morgan fingerprint density at radius 1 is 1.31 bits per heavy atom. The zero-order valence-corrected chi connectivity index (χ0v) is 8.66. The van der Waals surface area contributed by atoms with Crippen LogP contribution in [0.3, 0.4) is 0 Å². The van der Waals surface area contributed by atoms with E-state index in [9.17, 15) is 9.59 Å². The van der Waals surface area contributed by atoms with Crippen LogP contribution >= 0.6 is 0 Å². The number of fused-ring (bicyclic) bond motifs is 2. The Hall–Kier alpha value is -2.10. The van der Waals surface area contributed by atoms with Crippen molar-refractivity contribution in [3.05, 3.63) is 50.9 Å². The van der Waals surface area contributed by atoms with Crippen molar-refractivity contribution in [1.82, 2.24) is 4.98 Å². The van der Waals surface area contributed by atoms with Crippen molar-refractivity contribution in [2.45, 2.75) is 13.3 Å². The predicted molar refractivity (Wildman–Crippen MR) is 57.9 cm³/mol. The number of aromatic nitrogens is 1. The van der Waals surface area contributed by atoms with Crippen LogP contribution in [0.4, 0.5) is 0 Å². The molecule has 0 aliphatic heterocycles. The highest BCUT2D eigenvalue weighted by atomic mass is 16.4. The number of ketones is 1. The van der Waals surface area contributed by atoms with E-state index in [-0.39, 0.29) is 5.78 Å². The molecule has 0 aromatic carbocycles. The molecule has 4 heteroatoms. The van der Waals surface area contributed by atoms with Gasteiger partial charge in [-0.15, -0.1) is 0 Å². The Kier molecular flexibility index (Phi) is 1.68. The first-order valence-corrected chi connectivity index (χ1v) is 5.01. The van der Waals surface area contributed by atoms with Crippen LogP contribution in [-0.2, 0) is 11.2 Å². The average Bonchev–Trinajstić information content (AvgIpc) is 2.61. The molecule has 0 amide bonds. The van der Waals surface area contributed by atoms with Gasteiger partial charge in [0.05, 0.1) is 5.69 Å². The molecule has 4 nitrogen and oxygen atoms in total. The fourth-order valence-electron chi connectivity index (χ4n) is 2.07. The molecule has 0 saturated heterocycles. The van der Waals surface area contributed by atoms with Crippen molar-refractivity contribution >= 4 is 11.9 Å². The number of allylic oxidation sites excluding steroid dienone is 5. The van der Waals surface area contributed by atoms with Crippen LogP contribution in [0.2, 0.25) is 0 Å². The van der Waals surface area contributed by atoms with Crippen LogP contribution in [-0.4, -0.2) is 10.8 Å². The summed E-state index contributed by atoms with van der Waals surface area (Å²) in [7, 11) is 0. The largest absolute Gasteiger partial charge is 0.417 e. The molecule has 1 aromatic heterocycles. The molecule has 1 heterocycles. The molecule has 0 radical (unpaired) electrons. The number of carbonyl (C=O) groups excluding carboxylic acids is 1. The molecule has 0 spiro atoms. The maximum atomic E-state index is 11.7. The minimum Gasteiger partial charge on any atom is -0.408 e. The van der Waals surface area contributed by atoms with Gasteiger partial charge in [0.1, 0.15) is 0 Å². The van der Waals surface area contributed by atoms with E-state index in [1.807, 2.05) is 6.92 Å². The molecule has 1 N–H and O–H groups in total. The zero-order valence-electron chi connectivity index (χ0n) is 8.66. The average molecular weight is 215 g/mol. The molecule has 16 heavy (non-hydrogen) atoms. The number of hydrogen-bond donors (Lipinski definition) is 1. The van der Waals surface area contributed by atoms with Gasteiger partial charge < -0.3 is 4.42 Å². The van der Waals surface area contributed by atoms with Crippen molar-refractivity contribution in [3.8, 4) is 0 Å². The first kappa shape index (κ1) is 9.15. The third-order valence-corrected chi connectivity index (χ3v) is 2.93. The molecule has 2 aliphatic carbocycles. The van der Waals surface area contributed by atoms with Gasteiger partial charge in [-0.3, -0.25) is 9.78 Å². The van der Waals surface area contributed by atoms with E-state index < -0.39 is 5.76 Å². The Balaban J connectivity index is 2.26. The van der Waals surface area contributed by atoms with Crippen molar-refractivity contribution in [1.29, 1.82) is 0 Å². The molecular formula is C12H9NO3. The number of nitrogens with one attached hydrogen (secondary N) is 1. The molecular weight excluding hydrogens is 206 g/mol. The highest BCUT2D eigenvalue weighted by molar-refractivity contribution is 6.12. The van der Waals surface area contributed by atoms with E-state index >= 15 is 0 Å². The lowest BCUT2D eigenvalue weighted by Crippen LogP contribution is -2.13. The van der Waals surface area contributed by atoms with Crippen LogP contribution in [0.25, 0.3) is 6.08 Å². The summed E-state index contributed by atoms with van der Waals surface area (Å²) in [5.41, 5.74) is 3.40. The van der Waals surface area contributed by atoms with Gasteiger partial charge in [-0.1, -0.05) is 6.08 Å². The van der Waals surface area contributed by atoms with Crippen LogP contribution in [0.1, 0.15) is 18.4 Å². The van der Waals surface area contributed by atoms with E-state index in [1.54, 1.807) is 18.2 Å². The van der Waals surface area contributed by atoms with Gasteiger partial charge in [0.2, 0.25) is 0 Å². The Morgan fingerprint density at radius 2 is 2.12 bits per heavy atom. The maximum Gasteiger partial charge on any atom is 0.417 e. The lowest BCUT2D eigenvalue weighted by atomic mass is 9.85. The number of carbonyl (C=O) groups is 1. The van der Waals surface area contributed by atoms with E-state index in [0.29, 0.717) is 17.8 Å². The van der Waals surface area contributed by atoms with Gasteiger partial charge in [0.15, 0.2) is 11.5 Å². The fourth-order valence-corrected chi connectivity index (χ4v) is 2.07. The van der Waals surface area contributed by atoms with E-state index in [1.165, 1.54) is 0 Å². The quantitative estimate of drug-likeness (QED) is 0.710. The van der Waals surface area contributed by atoms with Crippen LogP contribution in [0, 0.1) is 0 Å². The first-order valence-electron chi connectivity index (χ1n) is 5.01. The maximum absolute atomic E-state index is 11.7. The number of rotatable bonds is 0. The summed E-state index contributed by atoms with van der Waals surface area (Å²) in [5, 5.41) is 0. The number of hydrogen-bond acceptors (Lipinski definition) is 3. The predicted octanol–water partition coefficient (Wildman–Crippen LogP) is 1.36. The summed E-state index contributed by atoms with van der Waals surface area (Å²) in [6.07, 6.45) is 5.54. The van der Waals surface area contributed by atoms with E-state index in [4.69, 9.17) is 4.42 Å². The minimum absolute atomic E-state index is 0.0323. The smallest absolute Gasteiger partial charge is 0.408 e. The van der Waals surface area contributed by atoms with Crippen molar-refractivity contribution in [2.24, 2.45) is 0 Å². The molecule has 0 atom stereocenters. The monoisotopic (exact) mass is 215 g/mol. The van der Waals surface area contributed by atoms with Gasteiger partial charge in [0.25, 0.3) is 0 Å². The standard InChI is InChI=1S/C12H9NO3/c1-6-2-3-10(14)8-5-11-9(4-7(6)8)13-12(15)16-11/h2-3,5H,4H2,1H3,(H,13,15). The molecule has 0 bridgehead atoms. The second-order valence-corrected chi connectivity index (χ2v) is 3.95. The lowest BCUT2D eigenvalue weighted by Gasteiger charge is -2.18. The van der Waals surface area contributed by atoms with Gasteiger partial charge in [-0.05, 0) is 30.2 Å². The highest BCUT2D eigenvalue weighted by Gasteiger charge is 2.25.